The summed E-state index contributed by atoms with van der Waals surface area (Å²) in [6, 6.07) is 9.76. The van der Waals surface area contributed by atoms with Crippen LogP contribution in [0.25, 0.3) is 5.69 Å². The number of piperidine rings is 1. The fraction of sp³-hybridized carbons (Fsp3) is 0.435. The van der Waals surface area contributed by atoms with Gasteiger partial charge in [0.05, 0.1) is 24.1 Å². The van der Waals surface area contributed by atoms with Crippen molar-refractivity contribution < 1.29 is 13.6 Å². The van der Waals surface area contributed by atoms with E-state index in [9.17, 15) is 9.18 Å². The molecule has 4 rings (SSSR count). The number of thioether (sulfide) groups is 1. The second kappa shape index (κ2) is 10.3. The van der Waals surface area contributed by atoms with Crippen molar-refractivity contribution in [1.29, 1.82) is 0 Å². The molecule has 1 N–H and O–H groups in total. The van der Waals surface area contributed by atoms with Crippen LogP contribution in [-0.4, -0.2) is 44.4 Å². The van der Waals surface area contributed by atoms with Gasteiger partial charge in [-0.1, -0.05) is 18.2 Å². The first-order chi connectivity index (χ1) is 15.5. The van der Waals surface area contributed by atoms with Crippen molar-refractivity contribution >= 4 is 17.7 Å². The quantitative estimate of drug-likeness (QED) is 0.502. The third-order valence-electron chi connectivity index (χ3n) is 5.74. The predicted octanol–water partition coefficient (Wildman–Crippen LogP) is 4.52. The van der Waals surface area contributed by atoms with Gasteiger partial charge in [0.15, 0.2) is 11.0 Å². The van der Waals surface area contributed by atoms with Crippen molar-refractivity contribution in [2.75, 3.05) is 18.8 Å². The van der Waals surface area contributed by atoms with Gasteiger partial charge in [0.2, 0.25) is 5.91 Å². The van der Waals surface area contributed by atoms with E-state index in [0.717, 1.165) is 24.6 Å². The molecule has 170 valence electrons. The summed E-state index contributed by atoms with van der Waals surface area (Å²) in [5, 5.41) is 12.4. The lowest BCUT2D eigenvalue weighted by atomic mass is 10.1. The van der Waals surface area contributed by atoms with E-state index in [1.165, 1.54) is 43.2 Å². The van der Waals surface area contributed by atoms with Gasteiger partial charge >= 0.3 is 0 Å². The molecular formula is C23H28FN5O2S. The lowest BCUT2D eigenvalue weighted by Gasteiger charge is -2.31. The number of aromatic nitrogens is 3. The highest BCUT2D eigenvalue weighted by atomic mass is 32.2. The summed E-state index contributed by atoms with van der Waals surface area (Å²) in [7, 11) is 0. The zero-order valence-electron chi connectivity index (χ0n) is 18.3. The number of furan rings is 1. The Hall–Kier alpha value is -2.65. The van der Waals surface area contributed by atoms with Crippen LogP contribution in [0.15, 0.2) is 52.2 Å². The van der Waals surface area contributed by atoms with Gasteiger partial charge in [0.25, 0.3) is 0 Å². The molecular weight excluding hydrogens is 429 g/mol. The molecule has 2 aromatic heterocycles. The molecule has 0 aliphatic carbocycles. The Bertz CT molecular complexity index is 1020. The third kappa shape index (κ3) is 5.21. The molecule has 0 spiro atoms. The Balaban J connectivity index is 1.52. The van der Waals surface area contributed by atoms with Gasteiger partial charge in [-0.05, 0) is 76.2 Å². The van der Waals surface area contributed by atoms with Crippen molar-refractivity contribution in [3.8, 4) is 5.69 Å². The summed E-state index contributed by atoms with van der Waals surface area (Å²) in [6.07, 6.45) is 5.18. The molecule has 1 fully saturated rings. The van der Waals surface area contributed by atoms with E-state index >= 15 is 0 Å². The van der Waals surface area contributed by atoms with Crippen molar-refractivity contribution in [2.45, 2.75) is 50.4 Å². The van der Waals surface area contributed by atoms with Gasteiger partial charge in [0.1, 0.15) is 11.6 Å². The molecule has 7 nitrogen and oxygen atoms in total. The number of rotatable bonds is 8. The smallest absolute Gasteiger partial charge is 0.231 e. The van der Waals surface area contributed by atoms with E-state index in [1.54, 1.807) is 24.5 Å². The number of benzene rings is 1. The Labute approximate surface area is 191 Å². The minimum atomic E-state index is -0.298. The fourth-order valence-corrected chi connectivity index (χ4v) is 4.74. The van der Waals surface area contributed by atoms with Crippen LogP contribution in [0.2, 0.25) is 0 Å². The molecule has 0 unspecified atom stereocenters. The fourth-order valence-electron chi connectivity index (χ4n) is 3.97. The molecule has 1 saturated heterocycles. The summed E-state index contributed by atoms with van der Waals surface area (Å²) in [4.78, 5) is 14.9. The average molecular weight is 458 g/mol. The molecule has 0 radical (unpaired) electrons. The lowest BCUT2D eigenvalue weighted by molar-refractivity contribution is -0.119. The molecule has 1 aromatic carbocycles. The van der Waals surface area contributed by atoms with Crippen molar-refractivity contribution in [2.24, 2.45) is 0 Å². The van der Waals surface area contributed by atoms with E-state index < -0.39 is 0 Å². The maximum absolute atomic E-state index is 13.6. The van der Waals surface area contributed by atoms with Crippen LogP contribution < -0.4 is 5.32 Å². The SMILES string of the molecule is C[C@H](NC(=O)CSc1nnc([C@@H](C)N2CCCCC2)n1-c1ccc(F)cc1)c1ccco1. The topological polar surface area (TPSA) is 76.2 Å². The Morgan fingerprint density at radius 1 is 1.16 bits per heavy atom. The number of likely N-dealkylation sites (tertiary alicyclic amines) is 1. The summed E-state index contributed by atoms with van der Waals surface area (Å²) in [5.41, 5.74) is 0.780. The lowest BCUT2D eigenvalue weighted by Crippen LogP contribution is -2.33. The van der Waals surface area contributed by atoms with Crippen LogP contribution in [0.3, 0.4) is 0 Å². The molecule has 3 aromatic rings. The first-order valence-electron chi connectivity index (χ1n) is 10.9. The molecule has 2 atom stereocenters. The van der Waals surface area contributed by atoms with Crippen LogP contribution in [-0.2, 0) is 4.79 Å². The maximum atomic E-state index is 13.6. The Morgan fingerprint density at radius 3 is 2.59 bits per heavy atom. The number of amides is 1. The van der Waals surface area contributed by atoms with E-state index in [4.69, 9.17) is 4.42 Å². The molecule has 9 heteroatoms. The van der Waals surface area contributed by atoms with Crippen LogP contribution in [0.1, 0.15) is 56.8 Å². The highest BCUT2D eigenvalue weighted by Gasteiger charge is 2.26. The Morgan fingerprint density at radius 2 is 1.91 bits per heavy atom. The van der Waals surface area contributed by atoms with Gasteiger partial charge in [0, 0.05) is 5.69 Å². The number of carbonyl (C=O) groups is 1. The van der Waals surface area contributed by atoms with Gasteiger partial charge in [-0.2, -0.15) is 0 Å². The minimum Gasteiger partial charge on any atom is -0.467 e. The highest BCUT2D eigenvalue weighted by Crippen LogP contribution is 2.29. The number of carbonyl (C=O) groups excluding carboxylic acids is 1. The van der Waals surface area contributed by atoms with Crippen molar-refractivity contribution in [3.63, 3.8) is 0 Å². The normalized spacial score (nSPS) is 16.6. The average Bonchev–Trinajstić information content (AvgIpc) is 3.49. The maximum Gasteiger partial charge on any atom is 0.231 e. The van der Waals surface area contributed by atoms with Crippen molar-refractivity contribution in [1.82, 2.24) is 25.0 Å². The van der Waals surface area contributed by atoms with Crippen LogP contribution in [0, 0.1) is 5.82 Å². The van der Waals surface area contributed by atoms with E-state index in [2.05, 4.69) is 27.3 Å². The molecule has 32 heavy (non-hydrogen) atoms. The zero-order valence-corrected chi connectivity index (χ0v) is 19.1. The number of hydrogen-bond donors (Lipinski definition) is 1. The minimum absolute atomic E-state index is 0.0648. The highest BCUT2D eigenvalue weighted by molar-refractivity contribution is 7.99. The number of nitrogens with one attached hydrogen (secondary N) is 1. The first-order valence-corrected chi connectivity index (χ1v) is 11.9. The molecule has 0 bridgehead atoms. The van der Waals surface area contributed by atoms with E-state index in [1.807, 2.05) is 17.6 Å². The number of halogens is 1. The van der Waals surface area contributed by atoms with E-state index in [-0.39, 0.29) is 29.6 Å². The largest absolute Gasteiger partial charge is 0.467 e. The number of hydrogen-bond acceptors (Lipinski definition) is 6. The summed E-state index contributed by atoms with van der Waals surface area (Å²) >= 11 is 1.31. The van der Waals surface area contributed by atoms with Crippen molar-refractivity contribution in [3.05, 3.63) is 60.1 Å². The first kappa shape index (κ1) is 22.5. The molecule has 1 amide bonds. The van der Waals surface area contributed by atoms with Gasteiger partial charge in [-0.25, -0.2) is 4.39 Å². The second-order valence-electron chi connectivity index (χ2n) is 8.02. The summed E-state index contributed by atoms with van der Waals surface area (Å²) < 4.78 is 20.8. The van der Waals surface area contributed by atoms with Crippen LogP contribution >= 0.6 is 11.8 Å². The zero-order chi connectivity index (χ0) is 22.5. The molecule has 0 saturated carbocycles. The summed E-state index contributed by atoms with van der Waals surface area (Å²) in [6.45, 7) is 6.04. The Kier molecular flexibility index (Phi) is 7.26. The van der Waals surface area contributed by atoms with Gasteiger partial charge in [-0.15, -0.1) is 10.2 Å². The molecule has 3 heterocycles. The van der Waals surface area contributed by atoms with Gasteiger partial charge < -0.3 is 9.73 Å². The second-order valence-corrected chi connectivity index (χ2v) is 8.96. The monoisotopic (exact) mass is 457 g/mol. The standard InChI is InChI=1S/C23H28FN5O2S/c1-16(20-7-6-14-31-20)25-21(30)15-32-23-27-26-22(17(2)28-12-4-3-5-13-28)29(23)19-10-8-18(24)9-11-19/h6-11,14,16-17H,3-5,12-13,15H2,1-2H3,(H,25,30)/t16-,17+/m0/s1. The molecule has 1 aliphatic rings. The van der Waals surface area contributed by atoms with Crippen LogP contribution in [0.5, 0.6) is 0 Å². The van der Waals surface area contributed by atoms with Crippen LogP contribution in [0.4, 0.5) is 4.39 Å². The summed E-state index contributed by atoms with van der Waals surface area (Å²) in [5.74, 6) is 1.26. The van der Waals surface area contributed by atoms with E-state index in [0.29, 0.717) is 10.9 Å². The van der Waals surface area contributed by atoms with Gasteiger partial charge in [-0.3, -0.25) is 14.3 Å². The number of nitrogens with zero attached hydrogens (tertiary/aromatic N) is 4. The third-order valence-corrected chi connectivity index (χ3v) is 6.66. The molecule has 1 aliphatic heterocycles. The predicted molar refractivity (Wildman–Crippen MR) is 121 cm³/mol.